The van der Waals surface area contributed by atoms with Gasteiger partial charge in [-0.25, -0.2) is 17.6 Å². The van der Waals surface area contributed by atoms with Crippen LogP contribution in [0.5, 0.6) is 0 Å². The molecule has 0 aliphatic heterocycles. The van der Waals surface area contributed by atoms with Gasteiger partial charge in [-0.1, -0.05) is 0 Å². The monoisotopic (exact) mass is 315 g/mol. The number of carbonyl (C=O) groups is 1. The van der Waals surface area contributed by atoms with Gasteiger partial charge in [-0.05, 0) is 37.5 Å². The minimum atomic E-state index is -3.14. The van der Waals surface area contributed by atoms with Crippen molar-refractivity contribution in [1.29, 1.82) is 0 Å². The molecule has 2 N–H and O–H groups in total. The Morgan fingerprint density at radius 2 is 2.10 bits per heavy atom. The molecule has 7 heteroatoms. The average Bonchev–Trinajstić information content (AvgIpc) is 2.37. The number of nitrogens with two attached hydrogens (primary N) is 1. The minimum Gasteiger partial charge on any atom is -0.459 e. The Labute approximate surface area is 123 Å². The molecular weight excluding hydrogens is 297 g/mol. The second-order valence-electron chi connectivity index (χ2n) is 5.38. The van der Waals surface area contributed by atoms with Crippen LogP contribution in [0.1, 0.15) is 36.0 Å². The van der Waals surface area contributed by atoms with Crippen LogP contribution >= 0.6 is 0 Å². The molecule has 2 unspecified atom stereocenters. The Hall–Kier alpha value is -1.63. The van der Waals surface area contributed by atoms with Crippen LogP contribution in [-0.2, 0) is 14.6 Å². The average molecular weight is 315 g/mol. The Morgan fingerprint density at radius 3 is 2.71 bits per heavy atom. The molecule has 5 nitrogen and oxygen atoms in total. The summed E-state index contributed by atoms with van der Waals surface area (Å²) in [6.45, 7) is 0. The third kappa shape index (κ3) is 3.93. The van der Waals surface area contributed by atoms with Crippen LogP contribution in [0.15, 0.2) is 18.2 Å². The quantitative estimate of drug-likeness (QED) is 0.680. The summed E-state index contributed by atoms with van der Waals surface area (Å²) in [6, 6.07) is 3.45. The van der Waals surface area contributed by atoms with Gasteiger partial charge in [0.15, 0.2) is 0 Å². The molecule has 0 saturated heterocycles. The first kappa shape index (κ1) is 15.8. The normalized spacial score (nSPS) is 22.8. The van der Waals surface area contributed by atoms with Gasteiger partial charge in [0.1, 0.15) is 21.8 Å². The largest absolute Gasteiger partial charge is 0.459 e. The zero-order chi connectivity index (χ0) is 15.6. The Morgan fingerprint density at radius 1 is 1.38 bits per heavy atom. The predicted molar refractivity (Wildman–Crippen MR) is 77.1 cm³/mol. The van der Waals surface area contributed by atoms with Gasteiger partial charge in [-0.2, -0.15) is 0 Å². The smallest absolute Gasteiger partial charge is 0.340 e. The van der Waals surface area contributed by atoms with Crippen molar-refractivity contribution in [2.24, 2.45) is 0 Å². The number of ether oxygens (including phenoxy) is 1. The van der Waals surface area contributed by atoms with Gasteiger partial charge >= 0.3 is 5.97 Å². The van der Waals surface area contributed by atoms with E-state index in [1.807, 2.05) is 0 Å². The number of hydrogen-bond donors (Lipinski definition) is 1. The summed E-state index contributed by atoms with van der Waals surface area (Å²) in [5.74, 6) is -1.18. The molecule has 0 spiro atoms. The lowest BCUT2D eigenvalue weighted by atomic mass is 9.97. The van der Waals surface area contributed by atoms with E-state index in [1.165, 1.54) is 12.3 Å². The van der Waals surface area contributed by atoms with Crippen LogP contribution in [0, 0.1) is 5.82 Å². The second-order valence-corrected chi connectivity index (χ2v) is 7.70. The third-order valence-electron chi connectivity index (χ3n) is 3.69. The molecule has 2 atom stereocenters. The van der Waals surface area contributed by atoms with Gasteiger partial charge < -0.3 is 10.5 Å². The maximum Gasteiger partial charge on any atom is 0.340 e. The minimum absolute atomic E-state index is 0.00970. The molecule has 0 aromatic heterocycles. The van der Waals surface area contributed by atoms with Crippen molar-refractivity contribution in [2.75, 3.05) is 12.0 Å². The summed E-state index contributed by atoms with van der Waals surface area (Å²) in [5, 5.41) is -0.477. The molecule has 1 aliphatic carbocycles. The Bertz CT molecular complexity index is 644. The highest BCUT2D eigenvalue weighted by molar-refractivity contribution is 7.91. The van der Waals surface area contributed by atoms with Crippen molar-refractivity contribution in [2.45, 2.75) is 37.0 Å². The first-order valence-electron chi connectivity index (χ1n) is 6.72. The van der Waals surface area contributed by atoms with Gasteiger partial charge in [0.25, 0.3) is 0 Å². The topological polar surface area (TPSA) is 86.5 Å². The number of nitrogen functional groups attached to an aromatic ring is 1. The second kappa shape index (κ2) is 6.01. The fraction of sp³-hybridized carbons (Fsp3) is 0.500. The molecule has 0 amide bonds. The molecule has 116 valence electrons. The SMILES string of the molecule is CS(=O)(=O)C1CCCC(OC(=O)c2ccc(F)cc2N)C1. The number of benzene rings is 1. The van der Waals surface area contributed by atoms with E-state index in [9.17, 15) is 17.6 Å². The molecule has 1 aromatic carbocycles. The summed E-state index contributed by atoms with van der Waals surface area (Å²) in [6.07, 6.45) is 2.94. The van der Waals surface area contributed by atoms with Crippen LogP contribution in [-0.4, -0.2) is 32.0 Å². The predicted octanol–water partition coefficient (Wildman–Crippen LogP) is 1.92. The van der Waals surface area contributed by atoms with E-state index < -0.39 is 33.0 Å². The highest BCUT2D eigenvalue weighted by Gasteiger charge is 2.31. The molecule has 21 heavy (non-hydrogen) atoms. The highest BCUT2D eigenvalue weighted by atomic mass is 32.2. The van der Waals surface area contributed by atoms with Gasteiger partial charge in [-0.3, -0.25) is 0 Å². The van der Waals surface area contributed by atoms with Crippen molar-refractivity contribution in [3.63, 3.8) is 0 Å². The molecule has 1 aromatic rings. The number of hydrogen-bond acceptors (Lipinski definition) is 5. The number of carbonyl (C=O) groups excluding carboxylic acids is 1. The lowest BCUT2D eigenvalue weighted by Crippen LogP contribution is -2.33. The summed E-state index contributed by atoms with van der Waals surface area (Å²) in [7, 11) is -3.14. The third-order valence-corrected chi connectivity index (χ3v) is 5.33. The van der Waals surface area contributed by atoms with Gasteiger partial charge in [-0.15, -0.1) is 0 Å². The van der Waals surface area contributed by atoms with Gasteiger partial charge in [0.05, 0.1) is 10.8 Å². The highest BCUT2D eigenvalue weighted by Crippen LogP contribution is 2.27. The molecule has 0 radical (unpaired) electrons. The molecule has 1 aliphatic rings. The van der Waals surface area contributed by atoms with E-state index >= 15 is 0 Å². The van der Waals surface area contributed by atoms with Crippen molar-refractivity contribution in [3.8, 4) is 0 Å². The molecule has 1 saturated carbocycles. The number of halogens is 1. The van der Waals surface area contributed by atoms with Gasteiger partial charge in [0, 0.05) is 18.4 Å². The van der Waals surface area contributed by atoms with E-state index in [-0.39, 0.29) is 11.3 Å². The molecule has 1 fully saturated rings. The molecule has 0 bridgehead atoms. The van der Waals surface area contributed by atoms with E-state index in [4.69, 9.17) is 10.5 Å². The van der Waals surface area contributed by atoms with E-state index in [2.05, 4.69) is 0 Å². The van der Waals surface area contributed by atoms with Crippen molar-refractivity contribution < 1.29 is 22.3 Å². The van der Waals surface area contributed by atoms with Crippen LogP contribution in [0.2, 0.25) is 0 Å². The lowest BCUT2D eigenvalue weighted by Gasteiger charge is -2.27. The van der Waals surface area contributed by atoms with Crippen molar-refractivity contribution in [3.05, 3.63) is 29.6 Å². The summed E-state index contributed by atoms with van der Waals surface area (Å²) in [4.78, 5) is 12.0. The maximum atomic E-state index is 13.0. The summed E-state index contributed by atoms with van der Waals surface area (Å²) < 4.78 is 41.4. The first-order chi connectivity index (χ1) is 9.77. The fourth-order valence-electron chi connectivity index (χ4n) is 2.53. The Balaban J connectivity index is 2.05. The number of rotatable bonds is 3. The molecular formula is C14H18FNO4S. The van der Waals surface area contributed by atoms with Crippen molar-refractivity contribution in [1.82, 2.24) is 0 Å². The van der Waals surface area contributed by atoms with Gasteiger partial charge in [0.2, 0.25) is 0 Å². The molecule has 2 rings (SSSR count). The maximum absolute atomic E-state index is 13.0. The van der Waals surface area contributed by atoms with Crippen LogP contribution in [0.4, 0.5) is 10.1 Å². The summed E-state index contributed by atoms with van der Waals surface area (Å²) >= 11 is 0. The van der Waals surface area contributed by atoms with Crippen molar-refractivity contribution >= 4 is 21.5 Å². The van der Waals surface area contributed by atoms with E-state index in [0.29, 0.717) is 25.7 Å². The fourth-order valence-corrected chi connectivity index (χ4v) is 3.69. The standard InChI is InChI=1S/C14H18FNO4S/c1-21(18,19)11-4-2-3-10(8-11)20-14(17)12-6-5-9(15)7-13(12)16/h5-7,10-11H,2-4,8,16H2,1H3. The number of sulfone groups is 1. The number of anilines is 1. The van der Waals surface area contributed by atoms with E-state index in [1.54, 1.807) is 0 Å². The lowest BCUT2D eigenvalue weighted by molar-refractivity contribution is 0.0216. The van der Waals surface area contributed by atoms with Crippen LogP contribution in [0.25, 0.3) is 0 Å². The zero-order valence-electron chi connectivity index (χ0n) is 11.7. The molecule has 0 heterocycles. The van der Waals surface area contributed by atoms with E-state index in [0.717, 1.165) is 12.1 Å². The Kier molecular flexibility index (Phi) is 4.51. The zero-order valence-corrected chi connectivity index (χ0v) is 12.5. The summed E-state index contributed by atoms with van der Waals surface area (Å²) in [5.41, 5.74) is 5.69. The first-order valence-corrected chi connectivity index (χ1v) is 8.67. The van der Waals surface area contributed by atoms with Crippen LogP contribution < -0.4 is 5.73 Å². The van der Waals surface area contributed by atoms with Crippen LogP contribution in [0.3, 0.4) is 0 Å². The number of esters is 1.